The standard InChI is InChI=1S/C22H22N2O2S/c1-15-13-17-5-3-4-6-19(17)24(15)21-12-11-20(27-21)22(25)23-14-16-7-9-18(26-2)10-8-16/h3-12,15H,13-14H2,1-2H3,(H,23,25)/t15-/m0/s1. The molecule has 1 aromatic heterocycles. The van der Waals surface area contributed by atoms with Gasteiger partial charge in [-0.1, -0.05) is 30.3 Å². The molecule has 1 atom stereocenters. The van der Waals surface area contributed by atoms with Crippen molar-refractivity contribution in [2.75, 3.05) is 12.0 Å². The quantitative estimate of drug-likeness (QED) is 0.695. The summed E-state index contributed by atoms with van der Waals surface area (Å²) in [6.45, 7) is 2.72. The van der Waals surface area contributed by atoms with E-state index in [-0.39, 0.29) is 5.91 Å². The van der Waals surface area contributed by atoms with Crippen molar-refractivity contribution in [3.8, 4) is 5.75 Å². The van der Waals surface area contributed by atoms with Gasteiger partial charge in [-0.15, -0.1) is 11.3 Å². The van der Waals surface area contributed by atoms with Gasteiger partial charge in [0.05, 0.1) is 17.0 Å². The summed E-state index contributed by atoms with van der Waals surface area (Å²) in [6, 6.07) is 20.6. The number of rotatable bonds is 5. The fraction of sp³-hybridized carbons (Fsp3) is 0.227. The minimum absolute atomic E-state index is 0.0396. The number of ether oxygens (including phenoxy) is 1. The first-order chi connectivity index (χ1) is 13.2. The first kappa shape index (κ1) is 17.6. The van der Waals surface area contributed by atoms with Crippen LogP contribution in [-0.2, 0) is 13.0 Å². The lowest BCUT2D eigenvalue weighted by atomic mass is 10.1. The van der Waals surface area contributed by atoms with Gasteiger partial charge in [0.2, 0.25) is 0 Å². The molecule has 0 bridgehead atoms. The number of para-hydroxylation sites is 1. The normalized spacial score (nSPS) is 15.5. The molecule has 0 spiro atoms. The number of amides is 1. The molecule has 1 amide bonds. The van der Waals surface area contributed by atoms with Crippen LogP contribution in [-0.4, -0.2) is 19.1 Å². The van der Waals surface area contributed by atoms with Gasteiger partial charge in [-0.2, -0.15) is 0 Å². The topological polar surface area (TPSA) is 41.6 Å². The molecule has 0 aliphatic carbocycles. The van der Waals surface area contributed by atoms with Crippen LogP contribution in [0.15, 0.2) is 60.7 Å². The first-order valence-electron chi connectivity index (χ1n) is 9.04. The molecule has 1 aliphatic rings. The minimum atomic E-state index is -0.0396. The van der Waals surface area contributed by atoms with Crippen LogP contribution in [0.2, 0.25) is 0 Å². The molecule has 0 unspecified atom stereocenters. The van der Waals surface area contributed by atoms with Crippen LogP contribution >= 0.6 is 11.3 Å². The molecule has 1 N–H and O–H groups in total. The van der Waals surface area contributed by atoms with E-state index < -0.39 is 0 Å². The lowest BCUT2D eigenvalue weighted by Crippen LogP contribution is -2.23. The Kier molecular flexibility index (Phi) is 4.86. The second-order valence-corrected chi connectivity index (χ2v) is 7.78. The number of benzene rings is 2. The highest BCUT2D eigenvalue weighted by Crippen LogP contribution is 2.41. The number of nitrogens with one attached hydrogen (secondary N) is 1. The number of hydrogen-bond donors (Lipinski definition) is 1. The third kappa shape index (κ3) is 3.55. The molecule has 5 heteroatoms. The molecule has 2 aromatic carbocycles. The Morgan fingerprint density at radius 2 is 1.93 bits per heavy atom. The van der Waals surface area contributed by atoms with Gasteiger partial charge in [-0.3, -0.25) is 4.79 Å². The monoisotopic (exact) mass is 378 g/mol. The molecular weight excluding hydrogens is 356 g/mol. The van der Waals surface area contributed by atoms with E-state index >= 15 is 0 Å². The Morgan fingerprint density at radius 1 is 1.15 bits per heavy atom. The van der Waals surface area contributed by atoms with Crippen LogP contribution in [0.4, 0.5) is 10.7 Å². The molecular formula is C22H22N2O2S. The number of methoxy groups -OCH3 is 1. The Hall–Kier alpha value is -2.79. The van der Waals surface area contributed by atoms with Crippen LogP contribution in [0.25, 0.3) is 0 Å². The Bertz CT molecular complexity index is 949. The van der Waals surface area contributed by atoms with E-state index in [1.165, 1.54) is 11.3 Å². The number of carbonyl (C=O) groups is 1. The van der Waals surface area contributed by atoms with Crippen molar-refractivity contribution in [1.29, 1.82) is 0 Å². The van der Waals surface area contributed by atoms with Crippen molar-refractivity contribution in [2.24, 2.45) is 0 Å². The van der Waals surface area contributed by atoms with E-state index in [4.69, 9.17) is 4.74 Å². The number of hydrogen-bond acceptors (Lipinski definition) is 4. The Morgan fingerprint density at radius 3 is 2.70 bits per heavy atom. The van der Waals surface area contributed by atoms with Gasteiger partial charge in [0.25, 0.3) is 5.91 Å². The average Bonchev–Trinajstić information content (AvgIpc) is 3.30. The van der Waals surface area contributed by atoms with E-state index in [1.807, 2.05) is 36.4 Å². The summed E-state index contributed by atoms with van der Waals surface area (Å²) in [5, 5.41) is 4.11. The predicted octanol–water partition coefficient (Wildman–Crippen LogP) is 4.77. The molecule has 0 fully saturated rings. The molecule has 0 saturated carbocycles. The smallest absolute Gasteiger partial charge is 0.261 e. The van der Waals surface area contributed by atoms with Crippen molar-refractivity contribution in [1.82, 2.24) is 5.32 Å². The third-order valence-electron chi connectivity index (χ3n) is 4.87. The molecule has 4 nitrogen and oxygen atoms in total. The number of carbonyl (C=O) groups excluding carboxylic acids is 1. The Labute approximate surface area is 163 Å². The second kappa shape index (κ2) is 7.45. The van der Waals surface area contributed by atoms with E-state index in [0.717, 1.165) is 27.6 Å². The van der Waals surface area contributed by atoms with Gasteiger partial charge in [0, 0.05) is 18.3 Å². The second-order valence-electron chi connectivity index (χ2n) is 6.72. The molecule has 0 radical (unpaired) electrons. The van der Waals surface area contributed by atoms with Crippen molar-refractivity contribution < 1.29 is 9.53 Å². The zero-order valence-electron chi connectivity index (χ0n) is 15.4. The summed E-state index contributed by atoms with van der Waals surface area (Å²) >= 11 is 1.54. The highest BCUT2D eigenvalue weighted by atomic mass is 32.1. The summed E-state index contributed by atoms with van der Waals surface area (Å²) in [5.41, 5.74) is 3.66. The summed E-state index contributed by atoms with van der Waals surface area (Å²) in [5.74, 6) is 0.773. The zero-order valence-corrected chi connectivity index (χ0v) is 16.3. The van der Waals surface area contributed by atoms with Gasteiger partial charge in [-0.05, 0) is 54.8 Å². The Balaban J connectivity index is 1.45. The largest absolute Gasteiger partial charge is 0.497 e. The van der Waals surface area contributed by atoms with E-state index in [2.05, 4.69) is 41.4 Å². The fourth-order valence-electron chi connectivity index (χ4n) is 3.49. The molecule has 138 valence electrons. The maximum Gasteiger partial charge on any atom is 0.261 e. The van der Waals surface area contributed by atoms with Crippen LogP contribution < -0.4 is 15.0 Å². The SMILES string of the molecule is COc1ccc(CNC(=O)c2ccc(N3c4ccccc4C[C@@H]3C)s2)cc1. The number of nitrogens with zero attached hydrogens (tertiary/aromatic N) is 1. The molecule has 1 aliphatic heterocycles. The van der Waals surface area contributed by atoms with Crippen molar-refractivity contribution >= 4 is 27.9 Å². The maximum absolute atomic E-state index is 12.6. The molecule has 27 heavy (non-hydrogen) atoms. The first-order valence-corrected chi connectivity index (χ1v) is 9.85. The average molecular weight is 378 g/mol. The van der Waals surface area contributed by atoms with E-state index in [0.29, 0.717) is 12.6 Å². The van der Waals surface area contributed by atoms with Gasteiger partial charge < -0.3 is 15.0 Å². The summed E-state index contributed by atoms with van der Waals surface area (Å²) in [7, 11) is 1.64. The summed E-state index contributed by atoms with van der Waals surface area (Å²) in [4.78, 5) is 15.6. The summed E-state index contributed by atoms with van der Waals surface area (Å²) < 4.78 is 5.16. The highest BCUT2D eigenvalue weighted by molar-refractivity contribution is 7.18. The number of anilines is 2. The predicted molar refractivity (Wildman–Crippen MR) is 110 cm³/mol. The van der Waals surface area contributed by atoms with Crippen molar-refractivity contribution in [3.05, 3.63) is 76.7 Å². The van der Waals surface area contributed by atoms with Crippen LogP contribution in [0.3, 0.4) is 0 Å². The van der Waals surface area contributed by atoms with Crippen LogP contribution in [0, 0.1) is 0 Å². The fourth-order valence-corrected chi connectivity index (χ4v) is 4.53. The lowest BCUT2D eigenvalue weighted by molar-refractivity contribution is 0.0955. The zero-order chi connectivity index (χ0) is 18.8. The molecule has 3 aromatic rings. The third-order valence-corrected chi connectivity index (χ3v) is 5.96. The van der Waals surface area contributed by atoms with Gasteiger partial charge in [-0.25, -0.2) is 0 Å². The summed E-state index contributed by atoms with van der Waals surface area (Å²) in [6.07, 6.45) is 1.03. The van der Waals surface area contributed by atoms with Gasteiger partial charge >= 0.3 is 0 Å². The van der Waals surface area contributed by atoms with Crippen molar-refractivity contribution in [2.45, 2.75) is 25.9 Å². The van der Waals surface area contributed by atoms with Crippen LogP contribution in [0.1, 0.15) is 27.7 Å². The molecule has 2 heterocycles. The number of fused-ring (bicyclic) bond motifs is 1. The van der Waals surface area contributed by atoms with Gasteiger partial charge in [0.15, 0.2) is 0 Å². The van der Waals surface area contributed by atoms with Crippen molar-refractivity contribution in [3.63, 3.8) is 0 Å². The minimum Gasteiger partial charge on any atom is -0.497 e. The van der Waals surface area contributed by atoms with Crippen LogP contribution in [0.5, 0.6) is 5.75 Å². The maximum atomic E-state index is 12.6. The molecule has 4 rings (SSSR count). The number of thiophene rings is 1. The molecule has 0 saturated heterocycles. The van der Waals surface area contributed by atoms with E-state index in [9.17, 15) is 4.79 Å². The lowest BCUT2D eigenvalue weighted by Gasteiger charge is -2.22. The van der Waals surface area contributed by atoms with Gasteiger partial charge in [0.1, 0.15) is 5.75 Å². The highest BCUT2D eigenvalue weighted by Gasteiger charge is 2.28. The van der Waals surface area contributed by atoms with E-state index in [1.54, 1.807) is 18.4 Å².